The lowest BCUT2D eigenvalue weighted by atomic mass is 9.81. The van der Waals surface area contributed by atoms with Crippen LogP contribution in [0.2, 0.25) is 0 Å². The van der Waals surface area contributed by atoms with Crippen molar-refractivity contribution in [1.29, 1.82) is 0 Å². The van der Waals surface area contributed by atoms with Crippen molar-refractivity contribution in [2.75, 3.05) is 14.1 Å². The second-order valence-electron chi connectivity index (χ2n) is 32.6. The first kappa shape index (κ1) is 92.4. The number of hydrogen-bond donors (Lipinski definition) is 10. The number of phenolic OH excluding ortho intramolecular Hbond substituents is 8. The number of aldehydes is 1. The van der Waals surface area contributed by atoms with Gasteiger partial charge in [-0.25, -0.2) is 13.7 Å². The van der Waals surface area contributed by atoms with Gasteiger partial charge in [0, 0.05) is 140 Å². The largest absolute Gasteiger partial charge is 0.507 e. The third-order valence-electron chi connectivity index (χ3n) is 23.5. The molecule has 16 rings (SSSR count). The van der Waals surface area contributed by atoms with Crippen molar-refractivity contribution in [3.05, 3.63) is 346 Å². The van der Waals surface area contributed by atoms with Gasteiger partial charge in [-0.05, 0) is 201 Å². The zero-order valence-electron chi connectivity index (χ0n) is 70.7. The van der Waals surface area contributed by atoms with Crippen LogP contribution in [0.5, 0.6) is 46.0 Å². The molecule has 4 heterocycles. The molecule has 12 aromatic rings. The fraction of sp³-hybridized carbons (Fsp3) is 0.194. The number of benzene rings is 10. The summed E-state index contributed by atoms with van der Waals surface area (Å²) in [6, 6.07) is 53.7. The molecule has 16 bridgehead atoms. The van der Waals surface area contributed by atoms with Crippen molar-refractivity contribution in [3.63, 3.8) is 0 Å². The van der Waals surface area contributed by atoms with Crippen molar-refractivity contribution in [3.8, 4) is 46.0 Å². The third kappa shape index (κ3) is 21.2. The first-order chi connectivity index (χ1) is 60.0. The van der Waals surface area contributed by atoms with E-state index in [1.54, 1.807) is 54.6 Å². The summed E-state index contributed by atoms with van der Waals surface area (Å²) in [6.45, 7) is 11.1. The number of allylic oxidation sites excluding steroid dienone is 1. The van der Waals surface area contributed by atoms with Crippen molar-refractivity contribution in [2.24, 2.45) is 14.1 Å². The van der Waals surface area contributed by atoms with Crippen LogP contribution < -0.4 is 9.13 Å². The molecule has 29 heteroatoms. The van der Waals surface area contributed by atoms with Crippen LogP contribution in [0.15, 0.2) is 223 Å². The lowest BCUT2D eigenvalue weighted by Gasteiger charge is -2.19. The fourth-order valence-corrected chi connectivity index (χ4v) is 17.7. The van der Waals surface area contributed by atoms with Crippen LogP contribution in [0.25, 0.3) is 30.4 Å². The van der Waals surface area contributed by atoms with E-state index < -0.39 is 51.2 Å². The summed E-state index contributed by atoms with van der Waals surface area (Å²) >= 11 is 0. The van der Waals surface area contributed by atoms with Gasteiger partial charge in [0.25, 0.3) is 20.2 Å². The number of para-hydroxylation sites is 4. The number of aromatic nitrogens is 2. The molecule has 0 amide bonds. The summed E-state index contributed by atoms with van der Waals surface area (Å²) in [6.07, 6.45) is 19.9. The molecule has 0 atom stereocenters. The third-order valence-corrected chi connectivity index (χ3v) is 25.2. The molecule has 127 heavy (non-hydrogen) atoms. The van der Waals surface area contributed by atoms with Gasteiger partial charge >= 0.3 is 21.2 Å². The Kier molecular flexibility index (Phi) is 27.6. The van der Waals surface area contributed by atoms with E-state index in [9.17, 15) is 71.6 Å². The maximum absolute atomic E-state index is 12.7. The van der Waals surface area contributed by atoms with Gasteiger partial charge in [-0.2, -0.15) is 21.4 Å². The van der Waals surface area contributed by atoms with Crippen LogP contribution in [0.1, 0.15) is 173 Å². The second-order valence-corrected chi connectivity index (χ2v) is 36.3. The highest BCUT2D eigenvalue weighted by molar-refractivity contribution is 7.86. The van der Waals surface area contributed by atoms with Gasteiger partial charge in [0.1, 0.15) is 80.5 Å². The highest BCUT2D eigenvalue weighted by Gasteiger charge is 2.43. The topological polar surface area (TPSA) is 404 Å². The molecule has 25 nitrogen and oxygen atoms in total. The maximum Gasteiger partial charge on any atom is 0.425 e. The van der Waals surface area contributed by atoms with E-state index in [1.807, 2.05) is 140 Å². The van der Waals surface area contributed by atoms with Crippen molar-refractivity contribution in [2.45, 2.75) is 107 Å². The molecule has 0 spiro atoms. The number of carbonyl (C=O) groups is 1. The first-order valence-corrected chi connectivity index (χ1v) is 44.8. The highest BCUT2D eigenvalue weighted by Crippen LogP contribution is 2.45. The summed E-state index contributed by atoms with van der Waals surface area (Å²) in [5.74, 6) is -0.900. The van der Waals surface area contributed by atoms with E-state index in [2.05, 4.69) is 93.3 Å². The summed E-state index contributed by atoms with van der Waals surface area (Å²) in [4.78, 5) is 11.0. The average molecular weight is 1790 g/mol. The van der Waals surface area contributed by atoms with E-state index in [0.717, 1.165) is 45.8 Å². The van der Waals surface area contributed by atoms with Crippen LogP contribution in [0.4, 0.5) is 11.4 Å². The molecule has 0 saturated carbocycles. The number of fused-ring (bicyclic) bond motifs is 18. The first-order valence-electron chi connectivity index (χ1n) is 39.9. The highest BCUT2D eigenvalue weighted by atomic mass is 32.2. The van der Waals surface area contributed by atoms with E-state index >= 15 is 0 Å². The second kappa shape index (κ2) is 37.9. The molecule has 2 aliphatic heterocycles. The van der Waals surface area contributed by atoms with Gasteiger partial charge in [-0.15, -0.1) is 25.3 Å². The Morgan fingerprint density at radius 3 is 0.819 bits per heavy atom. The minimum Gasteiger partial charge on any atom is -0.507 e. The zero-order chi connectivity index (χ0) is 92.1. The lowest BCUT2D eigenvalue weighted by molar-refractivity contribution is -0.671. The Hall–Kier alpha value is -13.8. The number of pyridine rings is 2. The Bertz CT molecular complexity index is 7040. The van der Waals surface area contributed by atoms with E-state index in [4.69, 9.17) is 25.3 Å². The number of hydrogen-bond acceptors (Lipinski definition) is 19. The molecular formula is C98H94N4O21S4+4. The predicted molar refractivity (Wildman–Crippen MR) is 480 cm³/mol. The number of aromatic hydroxyl groups is 8. The zero-order valence-corrected chi connectivity index (χ0v) is 74.0. The van der Waals surface area contributed by atoms with Gasteiger partial charge in [0.05, 0.1) is 20.6 Å². The van der Waals surface area contributed by atoms with Crippen molar-refractivity contribution < 1.29 is 115 Å². The molecule has 2 aromatic heterocycles. The monoisotopic (exact) mass is 1790 g/mol. The number of carbonyl (C=O) groups excluding carboxylic acids is 1. The quantitative estimate of drug-likeness (QED) is 0.0364. The van der Waals surface area contributed by atoms with Gasteiger partial charge in [0.2, 0.25) is 11.4 Å². The summed E-state index contributed by atoms with van der Waals surface area (Å²) in [7, 11) is -7.66. The molecule has 4 aliphatic rings. The van der Waals surface area contributed by atoms with Crippen molar-refractivity contribution >= 4 is 101 Å². The average Bonchev–Trinajstić information content (AvgIpc) is 1.61. The van der Waals surface area contributed by atoms with Crippen LogP contribution >= 0.6 is 0 Å². The van der Waals surface area contributed by atoms with E-state index in [-0.39, 0.29) is 142 Å². The maximum atomic E-state index is 12.7. The van der Waals surface area contributed by atoms with E-state index in [1.165, 1.54) is 46.8 Å². The molecule has 0 fully saturated rings. The van der Waals surface area contributed by atoms with Gasteiger partial charge < -0.3 is 40.9 Å². The van der Waals surface area contributed by atoms with Gasteiger partial charge in [-0.1, -0.05) is 97.1 Å². The Labute approximate surface area is 738 Å². The molecule has 2 aliphatic carbocycles. The van der Waals surface area contributed by atoms with Crippen LogP contribution in [0.3, 0.4) is 0 Å². The van der Waals surface area contributed by atoms with Gasteiger partial charge in [0.15, 0.2) is 36.2 Å². The standard InChI is InChI=1S/C49H44N2O7S.C37H31NO8S.C12H16N.2O3S/c1-49(2)42-10-5-6-11-43(42)51(4)44(49)15-14-32-22-36-25-34-9-7-8-33(45(34)52)24-35-20-31(13-12-30-16-18-50(3)19-17-30)21-37(46(35)53)26-39-28-41(59(56,57)58)29-40(48(39)55)27-38(23-32)47(36)54;1-38-9-7-22(8-10-38)5-6-23-11-27-15-25-3-2-4-26(34(25)40)16-29-13-24(21-39)14-30(36(29)42)18-32-20-33(47(44,45)46)19-31(37(32)43)17-28(12-23)35(27)41;1-9-12(2,3)10-7-5-6-8-11(10)13(9)4;2*1-4(2)3/h5-23,28-29H,24-27H2,1-4H3,(H3,52,55,56,57,58);2-14,19-21H,15-18H2,1H3,(H4,39,40,42,43,44,45,46);5-8H,1-4H3;;/q;;+1;;/p+3. The SMILES string of the molecule is CC1=[N+](C)c2ccccc2C1(C)C.C[N+]1=C(/C=C/c2cc3c(O)c(c2)Cc2cc(S(=O)(=O)O)cc(c2O)Cc2cc(/C=C/c4cc[n+](C)cc4)cc(c2O)Cc2cccc(c2O)C3)C(C)(C)c2ccccc21.C[n+]1ccc(/C=C/c2cc3c(O)c(c2)Cc2cc(S(=O)(=O)O)cc(c2O)Cc2cc(C=O)cc(c2O)Cc2cccc(c2O)C3)cc1.O=S(=O)=O.O=S(=O)=O. The molecular weight excluding hydrogens is 1700 g/mol. The van der Waals surface area contributed by atoms with Crippen LogP contribution in [-0.4, -0.2) is 133 Å². The van der Waals surface area contributed by atoms with Crippen molar-refractivity contribution in [1.82, 2.24) is 0 Å². The number of nitrogens with zero attached hydrogens (tertiary/aromatic N) is 4. The predicted octanol–water partition coefficient (Wildman–Crippen LogP) is 14.1. The number of phenols is 8. The molecule has 10 N–H and O–H groups in total. The summed E-state index contributed by atoms with van der Waals surface area (Å²) < 4.78 is 129. The molecule has 652 valence electrons. The normalized spacial score (nSPS) is 14.1. The molecule has 10 aromatic carbocycles. The minimum absolute atomic E-state index is 0.0169. The van der Waals surface area contributed by atoms with Gasteiger partial charge in [-0.3, -0.25) is 13.9 Å². The molecule has 0 saturated heterocycles. The molecule has 0 unspecified atom stereocenters. The summed E-state index contributed by atoms with van der Waals surface area (Å²) in [5.41, 5.74) is 17.6. The Morgan fingerprint density at radius 1 is 0.307 bits per heavy atom. The Morgan fingerprint density at radius 2 is 0.543 bits per heavy atom. The summed E-state index contributed by atoms with van der Waals surface area (Å²) in [5, 5.41) is 92.9. The molecule has 0 radical (unpaired) electrons. The minimum atomic E-state index is -4.74. The smallest absolute Gasteiger partial charge is 0.425 e. The number of rotatable bonds is 9. The fourth-order valence-electron chi connectivity index (χ4n) is 16.6. The number of aryl methyl sites for hydroxylation is 2. The van der Waals surface area contributed by atoms with Crippen LogP contribution in [0, 0.1) is 0 Å². The van der Waals surface area contributed by atoms with E-state index in [0.29, 0.717) is 73.0 Å². The lowest BCUT2D eigenvalue weighted by Crippen LogP contribution is -2.26. The Balaban J connectivity index is 0.000000190. The van der Waals surface area contributed by atoms with Crippen LogP contribution in [-0.2, 0) is 118 Å².